The van der Waals surface area contributed by atoms with Crippen molar-refractivity contribution in [3.63, 3.8) is 0 Å². The second-order valence-electron chi connectivity index (χ2n) is 6.81. The van der Waals surface area contributed by atoms with Crippen molar-refractivity contribution in [2.45, 2.75) is 46.5 Å². The van der Waals surface area contributed by atoms with Gasteiger partial charge in [0.2, 0.25) is 11.8 Å². The van der Waals surface area contributed by atoms with Crippen LogP contribution >= 0.6 is 0 Å². The van der Waals surface area contributed by atoms with E-state index in [4.69, 9.17) is 4.74 Å². The van der Waals surface area contributed by atoms with E-state index in [1.165, 1.54) is 0 Å². The lowest BCUT2D eigenvalue weighted by Crippen LogP contribution is -2.34. The van der Waals surface area contributed by atoms with Gasteiger partial charge in [-0.2, -0.15) is 0 Å². The van der Waals surface area contributed by atoms with Crippen LogP contribution in [-0.2, 0) is 14.3 Å². The van der Waals surface area contributed by atoms with Crippen LogP contribution in [0.2, 0.25) is 0 Å². The Morgan fingerprint density at radius 1 is 1.28 bits per heavy atom. The highest BCUT2D eigenvalue weighted by atomic mass is 16.5. The Morgan fingerprint density at radius 2 is 2.04 bits per heavy atom. The van der Waals surface area contributed by atoms with E-state index in [1.54, 1.807) is 4.90 Å². The number of amides is 2. The van der Waals surface area contributed by atoms with Gasteiger partial charge in [-0.3, -0.25) is 9.59 Å². The summed E-state index contributed by atoms with van der Waals surface area (Å²) in [6, 6.07) is 6.07. The van der Waals surface area contributed by atoms with Crippen LogP contribution in [0.1, 0.15) is 43.7 Å². The molecule has 5 heteroatoms. The van der Waals surface area contributed by atoms with Crippen molar-refractivity contribution in [1.82, 2.24) is 5.32 Å². The molecule has 0 radical (unpaired) electrons. The van der Waals surface area contributed by atoms with Gasteiger partial charge in [-0.1, -0.05) is 25.5 Å². The zero-order valence-corrected chi connectivity index (χ0v) is 15.6. The molecule has 1 saturated heterocycles. The summed E-state index contributed by atoms with van der Waals surface area (Å²) in [6.45, 7) is 8.64. The van der Waals surface area contributed by atoms with Crippen LogP contribution in [0.3, 0.4) is 0 Å². The van der Waals surface area contributed by atoms with Crippen LogP contribution in [0.15, 0.2) is 18.2 Å². The third kappa shape index (κ3) is 5.56. The van der Waals surface area contributed by atoms with Crippen molar-refractivity contribution in [3.05, 3.63) is 29.3 Å². The van der Waals surface area contributed by atoms with E-state index in [0.717, 1.165) is 42.7 Å². The van der Waals surface area contributed by atoms with E-state index in [1.807, 2.05) is 32.0 Å². The standard InChI is InChI=1S/C20H30N2O3/c1-4-5-10-25-11-6-9-21-20(24)17-13-19(23)22(14-17)18-12-15(2)7-8-16(18)3/h7-8,12,17H,4-6,9-11,13-14H2,1-3H3,(H,21,24). The minimum absolute atomic E-state index is 0.0248. The summed E-state index contributed by atoms with van der Waals surface area (Å²) in [5.41, 5.74) is 3.10. The fraction of sp³-hybridized carbons (Fsp3) is 0.600. The Morgan fingerprint density at radius 3 is 2.80 bits per heavy atom. The zero-order valence-electron chi connectivity index (χ0n) is 15.6. The van der Waals surface area contributed by atoms with E-state index < -0.39 is 0 Å². The Bertz CT molecular complexity index is 601. The molecule has 1 aromatic rings. The van der Waals surface area contributed by atoms with Gasteiger partial charge in [0.25, 0.3) is 0 Å². The Labute approximate surface area is 150 Å². The van der Waals surface area contributed by atoms with Gasteiger partial charge in [0, 0.05) is 38.4 Å². The molecule has 1 fully saturated rings. The molecule has 1 heterocycles. The van der Waals surface area contributed by atoms with Crippen molar-refractivity contribution in [2.24, 2.45) is 5.92 Å². The summed E-state index contributed by atoms with van der Waals surface area (Å²) < 4.78 is 5.48. The van der Waals surface area contributed by atoms with E-state index >= 15 is 0 Å². The lowest BCUT2D eigenvalue weighted by molar-refractivity contribution is -0.126. The van der Waals surface area contributed by atoms with Gasteiger partial charge in [-0.25, -0.2) is 0 Å². The number of nitrogens with one attached hydrogen (secondary N) is 1. The smallest absolute Gasteiger partial charge is 0.227 e. The van der Waals surface area contributed by atoms with Gasteiger partial charge in [0.1, 0.15) is 0 Å². The molecule has 0 aliphatic carbocycles. The number of carbonyl (C=O) groups excluding carboxylic acids is 2. The van der Waals surface area contributed by atoms with E-state index in [-0.39, 0.29) is 24.2 Å². The van der Waals surface area contributed by atoms with Gasteiger partial charge in [-0.05, 0) is 43.9 Å². The highest BCUT2D eigenvalue weighted by Crippen LogP contribution is 2.28. The molecule has 1 atom stereocenters. The first-order chi connectivity index (χ1) is 12.0. The SMILES string of the molecule is CCCCOCCCNC(=O)C1CC(=O)N(c2cc(C)ccc2C)C1. The molecule has 0 saturated carbocycles. The summed E-state index contributed by atoms with van der Waals surface area (Å²) in [6.07, 6.45) is 3.29. The zero-order chi connectivity index (χ0) is 18.2. The molecule has 2 amide bonds. The van der Waals surface area contributed by atoms with Crippen molar-refractivity contribution in [2.75, 3.05) is 31.2 Å². The predicted octanol–water partition coefficient (Wildman–Crippen LogP) is 2.98. The molecule has 138 valence electrons. The average molecular weight is 346 g/mol. The first kappa shape index (κ1) is 19.4. The number of nitrogens with zero attached hydrogens (tertiary/aromatic N) is 1. The molecule has 1 aliphatic rings. The Kier molecular flexibility index (Phi) is 7.44. The van der Waals surface area contributed by atoms with Crippen molar-refractivity contribution < 1.29 is 14.3 Å². The molecule has 0 aromatic heterocycles. The molecule has 5 nitrogen and oxygen atoms in total. The fourth-order valence-electron chi connectivity index (χ4n) is 3.00. The van der Waals surface area contributed by atoms with Gasteiger partial charge in [0.05, 0.1) is 5.92 Å². The number of hydrogen-bond donors (Lipinski definition) is 1. The maximum absolute atomic E-state index is 12.4. The fourth-order valence-corrected chi connectivity index (χ4v) is 3.00. The topological polar surface area (TPSA) is 58.6 Å². The molecule has 25 heavy (non-hydrogen) atoms. The van der Waals surface area contributed by atoms with Crippen molar-refractivity contribution in [3.8, 4) is 0 Å². The van der Waals surface area contributed by atoms with Gasteiger partial charge < -0.3 is 15.0 Å². The lowest BCUT2D eigenvalue weighted by atomic mass is 10.1. The number of benzene rings is 1. The van der Waals surface area contributed by atoms with Crippen LogP contribution in [0.4, 0.5) is 5.69 Å². The van der Waals surface area contributed by atoms with E-state index in [2.05, 4.69) is 12.2 Å². The highest BCUT2D eigenvalue weighted by Gasteiger charge is 2.35. The molecular weight excluding hydrogens is 316 g/mol. The van der Waals surface area contributed by atoms with Crippen molar-refractivity contribution in [1.29, 1.82) is 0 Å². The summed E-state index contributed by atoms with van der Waals surface area (Å²) in [7, 11) is 0. The van der Waals surface area contributed by atoms with Crippen LogP contribution in [0, 0.1) is 19.8 Å². The molecule has 0 spiro atoms. The predicted molar refractivity (Wildman–Crippen MR) is 99.7 cm³/mol. The third-order valence-corrected chi connectivity index (χ3v) is 4.56. The number of carbonyl (C=O) groups is 2. The molecule has 1 aromatic carbocycles. The van der Waals surface area contributed by atoms with Crippen LogP contribution in [-0.4, -0.2) is 38.1 Å². The lowest BCUT2D eigenvalue weighted by Gasteiger charge is -2.19. The summed E-state index contributed by atoms with van der Waals surface area (Å²) in [5, 5.41) is 2.94. The maximum atomic E-state index is 12.4. The number of rotatable bonds is 9. The molecule has 1 aliphatic heterocycles. The number of hydrogen-bond acceptors (Lipinski definition) is 3. The number of anilines is 1. The second kappa shape index (κ2) is 9.56. The third-order valence-electron chi connectivity index (χ3n) is 4.56. The normalized spacial score (nSPS) is 17.2. The molecule has 0 bridgehead atoms. The second-order valence-corrected chi connectivity index (χ2v) is 6.81. The van der Waals surface area contributed by atoms with E-state index in [0.29, 0.717) is 19.7 Å². The maximum Gasteiger partial charge on any atom is 0.227 e. The monoisotopic (exact) mass is 346 g/mol. The Balaban J connectivity index is 1.79. The first-order valence-electron chi connectivity index (χ1n) is 9.26. The van der Waals surface area contributed by atoms with Crippen LogP contribution in [0.25, 0.3) is 0 Å². The van der Waals surface area contributed by atoms with Gasteiger partial charge >= 0.3 is 0 Å². The molecular formula is C20H30N2O3. The largest absolute Gasteiger partial charge is 0.381 e. The summed E-state index contributed by atoms with van der Waals surface area (Å²) in [5.74, 6) is -0.278. The van der Waals surface area contributed by atoms with Gasteiger partial charge in [0.15, 0.2) is 0 Å². The van der Waals surface area contributed by atoms with Gasteiger partial charge in [-0.15, -0.1) is 0 Å². The molecule has 1 N–H and O–H groups in total. The highest BCUT2D eigenvalue weighted by molar-refractivity contribution is 6.00. The minimum Gasteiger partial charge on any atom is -0.381 e. The summed E-state index contributed by atoms with van der Waals surface area (Å²) >= 11 is 0. The number of unbranched alkanes of at least 4 members (excludes halogenated alkanes) is 1. The Hall–Kier alpha value is -1.88. The van der Waals surface area contributed by atoms with Crippen LogP contribution in [0.5, 0.6) is 0 Å². The summed E-state index contributed by atoms with van der Waals surface area (Å²) in [4.78, 5) is 26.4. The average Bonchev–Trinajstić information content (AvgIpc) is 2.98. The molecule has 1 unspecified atom stereocenters. The number of ether oxygens (including phenoxy) is 1. The van der Waals surface area contributed by atoms with E-state index in [9.17, 15) is 9.59 Å². The van der Waals surface area contributed by atoms with Crippen molar-refractivity contribution >= 4 is 17.5 Å². The first-order valence-corrected chi connectivity index (χ1v) is 9.26. The minimum atomic E-state index is -0.270. The van der Waals surface area contributed by atoms with Crippen LogP contribution < -0.4 is 10.2 Å². The quantitative estimate of drug-likeness (QED) is 0.699. The molecule has 2 rings (SSSR count). The number of aryl methyl sites for hydroxylation is 2.